The quantitative estimate of drug-likeness (QED) is 0.924. The highest BCUT2D eigenvalue weighted by atomic mass is 19.1. The fourth-order valence-corrected chi connectivity index (χ4v) is 2.55. The van der Waals surface area contributed by atoms with Crippen LogP contribution < -0.4 is 15.4 Å². The molecule has 0 radical (unpaired) electrons. The minimum Gasteiger partial charge on any atom is -0.491 e. The summed E-state index contributed by atoms with van der Waals surface area (Å²) in [5.74, 6) is -0.413. The van der Waals surface area contributed by atoms with Gasteiger partial charge in [-0.3, -0.25) is 0 Å². The molecule has 2 N–H and O–H groups in total. The van der Waals surface area contributed by atoms with E-state index in [0.717, 1.165) is 11.3 Å². The molecular formula is C16H16F2N2O. The largest absolute Gasteiger partial charge is 0.491 e. The maximum absolute atomic E-state index is 14.2. The van der Waals surface area contributed by atoms with Gasteiger partial charge < -0.3 is 15.4 Å². The van der Waals surface area contributed by atoms with Crippen LogP contribution in [0.2, 0.25) is 0 Å². The molecule has 1 heterocycles. The zero-order chi connectivity index (χ0) is 14.8. The third-order valence-electron chi connectivity index (χ3n) is 3.58. The summed E-state index contributed by atoms with van der Waals surface area (Å²) in [6, 6.07) is 10.1. The van der Waals surface area contributed by atoms with Gasteiger partial charge in [0, 0.05) is 18.7 Å². The molecule has 0 spiro atoms. The molecule has 0 amide bonds. The number of ether oxygens (including phenoxy) is 1. The first-order valence-corrected chi connectivity index (χ1v) is 6.82. The van der Waals surface area contributed by atoms with Gasteiger partial charge >= 0.3 is 0 Å². The minimum absolute atomic E-state index is 0.0208. The maximum Gasteiger partial charge on any atom is 0.149 e. The van der Waals surface area contributed by atoms with E-state index >= 15 is 0 Å². The number of fused-ring (bicyclic) bond motifs is 1. The van der Waals surface area contributed by atoms with Crippen molar-refractivity contribution in [1.29, 1.82) is 0 Å². The number of nitrogens with zero attached hydrogens (tertiary/aromatic N) is 1. The van der Waals surface area contributed by atoms with Crippen LogP contribution in [0.5, 0.6) is 5.75 Å². The molecule has 0 atom stereocenters. The molecule has 0 aromatic heterocycles. The van der Waals surface area contributed by atoms with Crippen molar-refractivity contribution in [3.8, 4) is 5.75 Å². The SMILES string of the molecule is NCc1cc(F)c(N2CCOc3ccccc3C2)c(F)c1. The van der Waals surface area contributed by atoms with Crippen molar-refractivity contribution < 1.29 is 13.5 Å². The first-order chi connectivity index (χ1) is 10.2. The van der Waals surface area contributed by atoms with Gasteiger partial charge in [0.05, 0.1) is 6.54 Å². The average Bonchev–Trinajstić information content (AvgIpc) is 2.68. The maximum atomic E-state index is 14.2. The second-order valence-corrected chi connectivity index (χ2v) is 4.99. The number of hydrogen-bond donors (Lipinski definition) is 1. The van der Waals surface area contributed by atoms with Crippen LogP contribution in [-0.4, -0.2) is 13.2 Å². The van der Waals surface area contributed by atoms with E-state index in [9.17, 15) is 8.78 Å². The lowest BCUT2D eigenvalue weighted by atomic mass is 10.1. The smallest absolute Gasteiger partial charge is 0.149 e. The molecule has 5 heteroatoms. The Balaban J connectivity index is 1.98. The summed E-state index contributed by atoms with van der Waals surface area (Å²) in [7, 11) is 0. The van der Waals surface area contributed by atoms with Gasteiger partial charge in [-0.05, 0) is 23.8 Å². The third-order valence-corrected chi connectivity index (χ3v) is 3.58. The van der Waals surface area contributed by atoms with Crippen LogP contribution in [0.25, 0.3) is 0 Å². The van der Waals surface area contributed by atoms with Gasteiger partial charge in [-0.25, -0.2) is 8.78 Å². The molecule has 0 saturated heterocycles. The Kier molecular flexibility index (Phi) is 3.75. The van der Waals surface area contributed by atoms with Crippen molar-refractivity contribution in [1.82, 2.24) is 0 Å². The topological polar surface area (TPSA) is 38.5 Å². The standard InChI is InChI=1S/C16H16F2N2O/c17-13-7-11(9-19)8-14(18)16(13)20-5-6-21-15-4-2-1-3-12(15)10-20/h1-4,7-8H,5-6,9-10,19H2. The molecule has 110 valence electrons. The van der Waals surface area contributed by atoms with Crippen molar-refractivity contribution in [2.45, 2.75) is 13.1 Å². The molecule has 1 aliphatic rings. The van der Waals surface area contributed by atoms with Gasteiger partial charge in [-0.1, -0.05) is 18.2 Å². The number of anilines is 1. The van der Waals surface area contributed by atoms with Crippen molar-refractivity contribution in [3.05, 3.63) is 59.2 Å². The van der Waals surface area contributed by atoms with Gasteiger partial charge in [-0.15, -0.1) is 0 Å². The van der Waals surface area contributed by atoms with Gasteiger partial charge in [0.15, 0.2) is 0 Å². The molecule has 2 aromatic carbocycles. The Morgan fingerprint density at radius 2 is 1.86 bits per heavy atom. The summed E-state index contributed by atoms with van der Waals surface area (Å²) in [5, 5.41) is 0. The van der Waals surface area contributed by atoms with Gasteiger partial charge in [-0.2, -0.15) is 0 Å². The van der Waals surface area contributed by atoms with E-state index in [0.29, 0.717) is 25.3 Å². The lowest BCUT2D eigenvalue weighted by Crippen LogP contribution is -2.27. The molecule has 3 nitrogen and oxygen atoms in total. The van der Waals surface area contributed by atoms with E-state index in [4.69, 9.17) is 10.5 Å². The van der Waals surface area contributed by atoms with Gasteiger partial charge in [0.25, 0.3) is 0 Å². The zero-order valence-corrected chi connectivity index (χ0v) is 11.5. The van der Waals surface area contributed by atoms with Crippen LogP contribution in [0.4, 0.5) is 14.5 Å². The van der Waals surface area contributed by atoms with E-state index in [1.807, 2.05) is 24.3 Å². The Hall–Kier alpha value is -2.14. The summed E-state index contributed by atoms with van der Waals surface area (Å²) >= 11 is 0. The van der Waals surface area contributed by atoms with Crippen LogP contribution >= 0.6 is 0 Å². The molecule has 3 rings (SSSR count). The minimum atomic E-state index is -0.588. The first kappa shape index (κ1) is 13.8. The van der Waals surface area contributed by atoms with Gasteiger partial charge in [0.1, 0.15) is 29.7 Å². The molecule has 0 aliphatic carbocycles. The molecule has 0 bridgehead atoms. The number of nitrogens with two attached hydrogens (primary N) is 1. The normalized spacial score (nSPS) is 14.3. The Morgan fingerprint density at radius 1 is 1.14 bits per heavy atom. The van der Waals surface area contributed by atoms with E-state index in [2.05, 4.69) is 0 Å². The van der Waals surface area contributed by atoms with Crippen molar-refractivity contribution in [2.24, 2.45) is 5.73 Å². The number of benzene rings is 2. The lowest BCUT2D eigenvalue weighted by Gasteiger charge is -2.23. The van der Waals surface area contributed by atoms with Gasteiger partial charge in [0.2, 0.25) is 0 Å². The van der Waals surface area contributed by atoms with Crippen molar-refractivity contribution >= 4 is 5.69 Å². The van der Waals surface area contributed by atoms with Crippen LogP contribution in [0.3, 0.4) is 0 Å². The summed E-state index contributed by atoms with van der Waals surface area (Å²) < 4.78 is 34.0. The van der Waals surface area contributed by atoms with E-state index in [-0.39, 0.29) is 12.2 Å². The fourth-order valence-electron chi connectivity index (χ4n) is 2.55. The number of para-hydroxylation sites is 1. The summed E-state index contributed by atoms with van der Waals surface area (Å²) in [6.07, 6.45) is 0. The summed E-state index contributed by atoms with van der Waals surface area (Å²) in [5.41, 5.74) is 6.77. The van der Waals surface area contributed by atoms with Crippen LogP contribution in [0.15, 0.2) is 36.4 Å². The van der Waals surface area contributed by atoms with Crippen molar-refractivity contribution in [2.75, 3.05) is 18.1 Å². The monoisotopic (exact) mass is 290 g/mol. The highest BCUT2D eigenvalue weighted by Gasteiger charge is 2.21. The second kappa shape index (κ2) is 5.69. The molecule has 0 fully saturated rings. The predicted molar refractivity (Wildman–Crippen MR) is 77.2 cm³/mol. The van der Waals surface area contributed by atoms with E-state index < -0.39 is 11.6 Å². The fraction of sp³-hybridized carbons (Fsp3) is 0.250. The zero-order valence-electron chi connectivity index (χ0n) is 11.5. The van der Waals surface area contributed by atoms with E-state index in [1.165, 1.54) is 12.1 Å². The van der Waals surface area contributed by atoms with Crippen LogP contribution in [0.1, 0.15) is 11.1 Å². The van der Waals surface area contributed by atoms with Crippen LogP contribution in [-0.2, 0) is 13.1 Å². The Morgan fingerprint density at radius 3 is 2.57 bits per heavy atom. The second-order valence-electron chi connectivity index (χ2n) is 4.99. The molecular weight excluding hydrogens is 274 g/mol. The Labute approximate surface area is 121 Å². The average molecular weight is 290 g/mol. The molecule has 21 heavy (non-hydrogen) atoms. The van der Waals surface area contributed by atoms with E-state index in [1.54, 1.807) is 4.90 Å². The third kappa shape index (κ3) is 2.69. The predicted octanol–water partition coefficient (Wildman–Crippen LogP) is 2.82. The summed E-state index contributed by atoms with van der Waals surface area (Å²) in [6.45, 7) is 1.32. The van der Waals surface area contributed by atoms with Crippen molar-refractivity contribution in [3.63, 3.8) is 0 Å². The molecule has 0 unspecified atom stereocenters. The highest BCUT2D eigenvalue weighted by Crippen LogP contribution is 2.30. The number of hydrogen-bond acceptors (Lipinski definition) is 3. The highest BCUT2D eigenvalue weighted by molar-refractivity contribution is 5.52. The first-order valence-electron chi connectivity index (χ1n) is 6.82. The molecule has 0 saturated carbocycles. The lowest BCUT2D eigenvalue weighted by molar-refractivity contribution is 0.331. The summed E-state index contributed by atoms with van der Waals surface area (Å²) in [4.78, 5) is 1.66. The van der Waals surface area contributed by atoms with Crippen LogP contribution in [0, 0.1) is 11.6 Å². The molecule has 1 aliphatic heterocycles. The molecule has 2 aromatic rings. The number of rotatable bonds is 2. The Bertz CT molecular complexity index is 637. The number of halogens is 2.